The molecule has 4 aromatic carbocycles. The molecule has 34 heavy (non-hydrogen) atoms. The largest absolute Gasteiger partial charge is 0.496 e. The van der Waals surface area contributed by atoms with Crippen molar-refractivity contribution in [3.63, 3.8) is 0 Å². The van der Waals surface area contributed by atoms with Gasteiger partial charge >= 0.3 is 0 Å². The number of ether oxygens (including phenoxy) is 1. The SMILES string of the molecule is CCN1C(=O)c2cccc3c(N4C(=O)c5cccc6c(OC)ccc(c56)C4=O)ccc(c23)C1=O. The number of hydrogen-bond donors (Lipinski definition) is 0. The van der Waals surface area contributed by atoms with Crippen molar-refractivity contribution in [1.29, 1.82) is 0 Å². The Morgan fingerprint density at radius 3 is 1.82 bits per heavy atom. The number of hydrogen-bond acceptors (Lipinski definition) is 5. The summed E-state index contributed by atoms with van der Waals surface area (Å²) in [6.45, 7) is 2.00. The maximum Gasteiger partial charge on any atom is 0.266 e. The quantitative estimate of drug-likeness (QED) is 0.432. The Kier molecular flexibility index (Phi) is 4.13. The minimum Gasteiger partial charge on any atom is -0.496 e. The maximum atomic E-state index is 13.7. The molecule has 0 N–H and O–H groups in total. The number of carbonyl (C=O) groups excluding carboxylic acids is 4. The highest BCUT2D eigenvalue weighted by atomic mass is 16.5. The van der Waals surface area contributed by atoms with Gasteiger partial charge in [-0.1, -0.05) is 24.3 Å². The van der Waals surface area contributed by atoms with E-state index in [-0.39, 0.29) is 18.4 Å². The molecule has 4 amide bonds. The maximum absolute atomic E-state index is 13.7. The monoisotopic (exact) mass is 450 g/mol. The van der Waals surface area contributed by atoms with Crippen molar-refractivity contribution in [2.75, 3.05) is 18.6 Å². The van der Waals surface area contributed by atoms with E-state index < -0.39 is 11.8 Å². The van der Waals surface area contributed by atoms with E-state index in [2.05, 4.69) is 0 Å². The van der Waals surface area contributed by atoms with Gasteiger partial charge in [-0.3, -0.25) is 24.1 Å². The van der Waals surface area contributed by atoms with E-state index in [0.29, 0.717) is 55.2 Å². The first-order valence-electron chi connectivity index (χ1n) is 10.9. The van der Waals surface area contributed by atoms with Crippen molar-refractivity contribution in [2.24, 2.45) is 0 Å². The van der Waals surface area contributed by atoms with Gasteiger partial charge in [0.25, 0.3) is 23.6 Å². The highest BCUT2D eigenvalue weighted by Gasteiger charge is 2.38. The number of anilines is 1. The molecule has 0 saturated heterocycles. The molecule has 4 aromatic rings. The third kappa shape index (κ3) is 2.41. The number of carbonyl (C=O) groups is 4. The molecule has 2 aliphatic heterocycles. The molecule has 0 saturated carbocycles. The second-order valence-corrected chi connectivity index (χ2v) is 8.20. The molecule has 0 aliphatic carbocycles. The van der Waals surface area contributed by atoms with Crippen LogP contribution in [0.25, 0.3) is 21.5 Å². The number of nitrogens with zero attached hydrogens (tertiary/aromatic N) is 2. The standard InChI is InChI=1S/C27H18N2O5/c1-3-28-24(30)16-8-4-6-14-20(12-10-18(22(14)16)25(28)31)29-26(32)17-9-5-7-15-21(34-2)13-11-19(23(15)17)27(29)33/h4-13H,3H2,1-2H3. The molecular formula is C27H18N2O5. The molecule has 0 atom stereocenters. The van der Waals surface area contributed by atoms with Crippen LogP contribution in [0.4, 0.5) is 5.69 Å². The van der Waals surface area contributed by atoms with E-state index in [1.165, 1.54) is 4.90 Å². The number of benzene rings is 4. The van der Waals surface area contributed by atoms with Gasteiger partial charge in [0.15, 0.2) is 0 Å². The summed E-state index contributed by atoms with van der Waals surface area (Å²) >= 11 is 0. The molecular weight excluding hydrogens is 432 g/mol. The minimum absolute atomic E-state index is 0.253. The Bertz CT molecular complexity index is 1580. The summed E-state index contributed by atoms with van der Waals surface area (Å²) in [6.07, 6.45) is 0. The third-order valence-corrected chi connectivity index (χ3v) is 6.61. The molecule has 0 spiro atoms. The van der Waals surface area contributed by atoms with Crippen molar-refractivity contribution in [3.05, 3.63) is 82.9 Å². The molecule has 7 heteroatoms. The fourth-order valence-corrected chi connectivity index (χ4v) is 5.08. The number of imide groups is 2. The van der Waals surface area contributed by atoms with Gasteiger partial charge in [-0.2, -0.15) is 0 Å². The van der Waals surface area contributed by atoms with Crippen molar-refractivity contribution in [1.82, 2.24) is 4.90 Å². The topological polar surface area (TPSA) is 84.0 Å². The van der Waals surface area contributed by atoms with E-state index in [0.717, 1.165) is 4.90 Å². The summed E-state index contributed by atoms with van der Waals surface area (Å²) in [4.78, 5) is 55.6. The Hall–Kier alpha value is -4.52. The van der Waals surface area contributed by atoms with Crippen molar-refractivity contribution in [3.8, 4) is 5.75 Å². The van der Waals surface area contributed by atoms with Crippen LogP contribution in [0.3, 0.4) is 0 Å². The average molecular weight is 450 g/mol. The first-order valence-corrected chi connectivity index (χ1v) is 10.9. The summed E-state index contributed by atoms with van der Waals surface area (Å²) < 4.78 is 5.42. The third-order valence-electron chi connectivity index (χ3n) is 6.61. The highest BCUT2D eigenvalue weighted by Crippen LogP contribution is 2.41. The molecule has 2 aliphatic rings. The van der Waals surface area contributed by atoms with Crippen LogP contribution in [0.5, 0.6) is 5.75 Å². The van der Waals surface area contributed by atoms with Crippen LogP contribution in [-0.2, 0) is 0 Å². The van der Waals surface area contributed by atoms with Crippen LogP contribution < -0.4 is 9.64 Å². The zero-order chi connectivity index (χ0) is 23.7. The Morgan fingerprint density at radius 1 is 0.647 bits per heavy atom. The fraction of sp³-hybridized carbons (Fsp3) is 0.111. The van der Waals surface area contributed by atoms with Crippen molar-refractivity contribution < 1.29 is 23.9 Å². The molecule has 2 heterocycles. The van der Waals surface area contributed by atoms with Gasteiger partial charge < -0.3 is 4.74 Å². The van der Waals surface area contributed by atoms with E-state index in [9.17, 15) is 19.2 Å². The van der Waals surface area contributed by atoms with Crippen LogP contribution in [0.2, 0.25) is 0 Å². The second-order valence-electron chi connectivity index (χ2n) is 8.20. The highest BCUT2D eigenvalue weighted by molar-refractivity contribution is 6.38. The van der Waals surface area contributed by atoms with Gasteiger partial charge in [0.2, 0.25) is 0 Å². The molecule has 0 bridgehead atoms. The lowest BCUT2D eigenvalue weighted by molar-refractivity contribution is 0.0619. The summed E-state index contributed by atoms with van der Waals surface area (Å²) in [5, 5.41) is 2.20. The van der Waals surface area contributed by atoms with Crippen molar-refractivity contribution in [2.45, 2.75) is 6.92 Å². The minimum atomic E-state index is -0.472. The lowest BCUT2D eigenvalue weighted by Gasteiger charge is -2.31. The van der Waals surface area contributed by atoms with Gasteiger partial charge in [-0.05, 0) is 43.3 Å². The summed E-state index contributed by atoms with van der Waals surface area (Å²) in [5.74, 6) is -1.14. The molecule has 0 radical (unpaired) electrons. The Morgan fingerprint density at radius 2 is 1.18 bits per heavy atom. The number of rotatable bonds is 3. The zero-order valence-electron chi connectivity index (χ0n) is 18.4. The van der Waals surface area contributed by atoms with Gasteiger partial charge in [-0.25, -0.2) is 4.90 Å². The number of amides is 4. The zero-order valence-corrected chi connectivity index (χ0v) is 18.4. The average Bonchev–Trinajstić information content (AvgIpc) is 2.86. The van der Waals surface area contributed by atoms with Crippen LogP contribution in [0, 0.1) is 0 Å². The lowest BCUT2D eigenvalue weighted by Crippen LogP contribution is -2.42. The first-order chi connectivity index (χ1) is 16.5. The fourth-order valence-electron chi connectivity index (χ4n) is 5.08. The summed E-state index contributed by atoms with van der Waals surface area (Å²) in [5.41, 5.74) is 1.85. The Labute approximate surface area is 194 Å². The molecule has 6 rings (SSSR count). The van der Waals surface area contributed by atoms with Crippen LogP contribution in [-0.4, -0.2) is 42.2 Å². The summed E-state index contributed by atoms with van der Waals surface area (Å²) in [6, 6.07) is 16.9. The van der Waals surface area contributed by atoms with Gasteiger partial charge in [0.1, 0.15) is 5.75 Å². The van der Waals surface area contributed by atoms with Crippen LogP contribution >= 0.6 is 0 Å². The smallest absolute Gasteiger partial charge is 0.266 e. The molecule has 0 unspecified atom stereocenters. The molecule has 0 aromatic heterocycles. The predicted molar refractivity (Wildman–Crippen MR) is 127 cm³/mol. The van der Waals surface area contributed by atoms with E-state index in [1.807, 2.05) is 6.07 Å². The Balaban J connectivity index is 1.61. The predicted octanol–water partition coefficient (Wildman–Crippen LogP) is 4.42. The second kappa shape index (κ2) is 6.99. The normalized spacial score (nSPS) is 15.0. The molecule has 7 nitrogen and oxygen atoms in total. The summed E-state index contributed by atoms with van der Waals surface area (Å²) in [7, 11) is 1.54. The van der Waals surface area contributed by atoms with Crippen LogP contribution in [0.15, 0.2) is 60.7 Å². The van der Waals surface area contributed by atoms with Gasteiger partial charge in [-0.15, -0.1) is 0 Å². The van der Waals surface area contributed by atoms with Crippen molar-refractivity contribution >= 4 is 50.9 Å². The molecule has 166 valence electrons. The van der Waals surface area contributed by atoms with Gasteiger partial charge in [0.05, 0.1) is 12.8 Å². The molecule has 0 fully saturated rings. The lowest BCUT2D eigenvalue weighted by atomic mass is 9.90. The number of methoxy groups -OCH3 is 1. The van der Waals surface area contributed by atoms with E-state index in [1.54, 1.807) is 68.6 Å². The van der Waals surface area contributed by atoms with E-state index in [4.69, 9.17) is 4.74 Å². The van der Waals surface area contributed by atoms with Gasteiger partial charge in [0, 0.05) is 50.3 Å². The van der Waals surface area contributed by atoms with E-state index >= 15 is 0 Å². The first kappa shape index (κ1) is 20.1. The van der Waals surface area contributed by atoms with Crippen LogP contribution in [0.1, 0.15) is 48.4 Å².